The Labute approximate surface area is 435 Å². The molecule has 4 heterocycles. The predicted molar refractivity (Wildman–Crippen MR) is 284 cm³/mol. The van der Waals surface area contributed by atoms with E-state index in [0.717, 1.165) is 92.1 Å². The minimum absolute atomic E-state index is 0. The molecule has 0 saturated heterocycles. The molecule has 0 atom stereocenters. The van der Waals surface area contributed by atoms with Gasteiger partial charge in [0.25, 0.3) is 0 Å². The van der Waals surface area contributed by atoms with Gasteiger partial charge in [0, 0.05) is 49.9 Å². The summed E-state index contributed by atoms with van der Waals surface area (Å²) in [6, 6.07) is 36.6. The third kappa shape index (κ3) is 18.3. The molecule has 0 unspecified atom stereocenters. The first kappa shape index (κ1) is 61.1. The van der Waals surface area contributed by atoms with Crippen molar-refractivity contribution in [3.05, 3.63) is 166 Å². The van der Waals surface area contributed by atoms with Crippen LogP contribution in [0.3, 0.4) is 0 Å². The van der Waals surface area contributed by atoms with Crippen LogP contribution in [-0.4, -0.2) is 66.6 Å². The Bertz CT molecular complexity index is 2860. The summed E-state index contributed by atoms with van der Waals surface area (Å²) in [5.74, 6) is -0.219. The van der Waals surface area contributed by atoms with Gasteiger partial charge in [-0.25, -0.2) is 14.4 Å². The van der Waals surface area contributed by atoms with Crippen molar-refractivity contribution in [3.8, 4) is 0 Å². The van der Waals surface area contributed by atoms with E-state index in [1.807, 2.05) is 66.7 Å². The molecule has 0 spiro atoms. The molecule has 0 aliphatic rings. The van der Waals surface area contributed by atoms with E-state index in [-0.39, 0.29) is 37.7 Å². The Kier molecular flexibility index (Phi) is 24.4. The number of carbonyl (C=O) groups excluding carboxylic acids is 2. The summed E-state index contributed by atoms with van der Waals surface area (Å²) in [5, 5.41) is 21.5. The van der Waals surface area contributed by atoms with Crippen molar-refractivity contribution >= 4 is 67.4 Å². The summed E-state index contributed by atoms with van der Waals surface area (Å²) in [5.41, 5.74) is 14.7. The van der Waals surface area contributed by atoms with E-state index in [1.165, 1.54) is 7.11 Å². The number of carboxylic acids is 2. The van der Waals surface area contributed by atoms with Gasteiger partial charge in [0.05, 0.1) is 45.9 Å². The van der Waals surface area contributed by atoms with Gasteiger partial charge in [-0.05, 0) is 146 Å². The molecule has 0 saturated carbocycles. The normalized spacial score (nSPS) is 10.5. The zero-order chi connectivity index (χ0) is 50.4. The van der Waals surface area contributed by atoms with Gasteiger partial charge in [0.15, 0.2) is 0 Å². The maximum Gasteiger partial charge on any atom is 1.00 e. The van der Waals surface area contributed by atoms with Gasteiger partial charge in [0.2, 0.25) is 5.91 Å². The molecule has 4 aromatic carbocycles. The van der Waals surface area contributed by atoms with Crippen LogP contribution in [0, 0.1) is 23.7 Å². The van der Waals surface area contributed by atoms with Gasteiger partial charge in [-0.15, -0.1) is 0 Å². The van der Waals surface area contributed by atoms with E-state index < -0.39 is 17.8 Å². The van der Waals surface area contributed by atoms with E-state index in [1.54, 1.807) is 54.6 Å². The molecule has 8 aromatic rings. The average Bonchev–Trinajstić information content (AvgIpc) is 3.30. The van der Waals surface area contributed by atoms with Crippen molar-refractivity contribution in [3.63, 3.8) is 0 Å². The summed E-state index contributed by atoms with van der Waals surface area (Å²) < 4.78 is 4.70. The van der Waals surface area contributed by atoms with Crippen molar-refractivity contribution in [2.45, 2.75) is 88.5 Å². The molecule has 1 amide bonds. The van der Waals surface area contributed by atoms with Crippen LogP contribution in [0.2, 0.25) is 0 Å². The zero-order valence-corrected chi connectivity index (χ0v) is 42.4. The maximum atomic E-state index is 11.4. The fourth-order valence-corrected chi connectivity index (χ4v) is 7.46. The van der Waals surface area contributed by atoms with Crippen molar-refractivity contribution in [2.24, 2.45) is 29.4 Å². The van der Waals surface area contributed by atoms with E-state index >= 15 is 0 Å². The number of fused-ring (bicyclic) bond motifs is 4. The molecule has 0 aliphatic heterocycles. The number of nitrogens with two attached hydrogens (primary N) is 1. The first-order chi connectivity index (χ1) is 32.8. The van der Waals surface area contributed by atoms with Crippen LogP contribution in [0.15, 0.2) is 121 Å². The Morgan fingerprint density at radius 2 is 0.694 bits per heavy atom. The van der Waals surface area contributed by atoms with Crippen LogP contribution < -0.4 is 24.6 Å². The molecular weight excluding hydrogens is 902 g/mol. The molecule has 0 fully saturated rings. The number of hydrogen-bond donors (Lipinski definition) is 3. The quantitative estimate of drug-likeness (QED) is 0.0769. The molecule has 5 N–H and O–H groups in total. The standard InChI is InChI=1S/C15H17NO2.C14H16N2O.2C14H15NO2.CH4.Li.H2O/c1-10(2)8-13-6-4-11-9-12(15(17)18-3)5-7-14(11)16-13;1-9(2)7-12-5-3-10-8-11(14(15)17)4-6-13(10)16-12;2*1-9(2)7-12-5-3-10-8-11(14(16)17)4-6-13(10)15-12;;;/h4-7,9-10H,8H2,1-3H3;3-6,8-9H,7H2,1-2H3,(H2,15,17);2*3-6,8-9H,7H2,1-2H3,(H,16,17);1H4;;1H2/q;;;;;+1;/p-1. The van der Waals surface area contributed by atoms with Crippen LogP contribution in [0.4, 0.5) is 0 Å². The van der Waals surface area contributed by atoms with Gasteiger partial charge < -0.3 is 26.2 Å². The number of nitrogens with zero attached hydrogens (tertiary/aromatic N) is 4. The number of carboxylic acid groups (broad SMARTS) is 2. The second-order valence-electron chi connectivity index (χ2n) is 18.7. The fourth-order valence-electron chi connectivity index (χ4n) is 7.46. The first-order valence-corrected chi connectivity index (χ1v) is 23.2. The SMILES string of the molecule is C.CC(C)Cc1ccc2cc(C(=O)O)ccc2n1.CC(C)Cc1ccc2cc(C(=O)O)ccc2n1.CC(C)Cc1ccc2cc(C(N)=O)ccc2n1.COC(=O)c1ccc2nc(CC(C)C)ccc2c1.[Li+].[OH-]. The minimum atomic E-state index is -0.904. The number of pyridine rings is 4. The molecular formula is C58H68LiN5O8. The molecule has 0 aliphatic carbocycles. The Morgan fingerprint density at radius 3 is 0.944 bits per heavy atom. The van der Waals surface area contributed by atoms with E-state index in [0.29, 0.717) is 45.9 Å². The number of aromatic carboxylic acids is 2. The molecule has 0 radical (unpaired) electrons. The third-order valence-electron chi connectivity index (χ3n) is 10.7. The number of amides is 1. The average molecular weight is 970 g/mol. The third-order valence-corrected chi connectivity index (χ3v) is 10.7. The molecule has 4 aromatic heterocycles. The fraction of sp³-hybridized carbons (Fsp3) is 0.310. The Morgan fingerprint density at radius 1 is 0.444 bits per heavy atom. The Hall–Kier alpha value is -7.04. The summed E-state index contributed by atoms with van der Waals surface area (Å²) in [6.07, 6.45) is 3.81. The molecule has 8 rings (SSSR count). The van der Waals surface area contributed by atoms with Gasteiger partial charge in [0.1, 0.15) is 0 Å². The number of hydrogen-bond acceptors (Lipinski definition) is 10. The zero-order valence-electron chi connectivity index (χ0n) is 42.4. The first-order valence-electron chi connectivity index (χ1n) is 23.2. The van der Waals surface area contributed by atoms with Crippen LogP contribution in [-0.2, 0) is 30.4 Å². The van der Waals surface area contributed by atoms with Crippen molar-refractivity contribution in [1.82, 2.24) is 19.9 Å². The predicted octanol–water partition coefficient (Wildman–Crippen LogP) is 9.48. The van der Waals surface area contributed by atoms with Gasteiger partial charge in [-0.2, -0.15) is 0 Å². The molecule has 72 heavy (non-hydrogen) atoms. The second kappa shape index (κ2) is 28.7. The molecule has 14 heteroatoms. The number of esters is 1. The number of rotatable bonds is 12. The van der Waals surface area contributed by atoms with Crippen LogP contribution in [0.5, 0.6) is 0 Å². The van der Waals surface area contributed by atoms with Gasteiger partial charge in [-0.3, -0.25) is 24.7 Å². The minimum Gasteiger partial charge on any atom is -0.870 e. The van der Waals surface area contributed by atoms with Crippen LogP contribution >= 0.6 is 0 Å². The number of methoxy groups -OCH3 is 1. The number of carbonyl (C=O) groups is 4. The summed E-state index contributed by atoms with van der Waals surface area (Å²) in [7, 11) is 1.39. The van der Waals surface area contributed by atoms with Crippen molar-refractivity contribution in [2.75, 3.05) is 7.11 Å². The molecule has 13 nitrogen and oxygen atoms in total. The monoisotopic (exact) mass is 970 g/mol. The second-order valence-corrected chi connectivity index (χ2v) is 18.7. The molecule has 374 valence electrons. The summed E-state index contributed by atoms with van der Waals surface area (Å²) in [4.78, 5) is 62.4. The van der Waals surface area contributed by atoms with Gasteiger partial charge in [-0.1, -0.05) is 87.1 Å². The van der Waals surface area contributed by atoms with E-state index in [2.05, 4.69) is 75.3 Å². The molecule has 0 bridgehead atoms. The number of benzene rings is 4. The maximum absolute atomic E-state index is 11.4. The number of aromatic nitrogens is 4. The van der Waals surface area contributed by atoms with Crippen LogP contribution in [0.25, 0.3) is 43.6 Å². The topological polar surface area (TPSA) is 226 Å². The number of primary amides is 1. The van der Waals surface area contributed by atoms with Gasteiger partial charge >= 0.3 is 36.8 Å². The largest absolute Gasteiger partial charge is 1.00 e. The van der Waals surface area contributed by atoms with Crippen LogP contribution in [0.1, 0.15) is 127 Å². The number of ether oxygens (including phenoxy) is 1. The summed E-state index contributed by atoms with van der Waals surface area (Å²) in [6.45, 7) is 17.3. The summed E-state index contributed by atoms with van der Waals surface area (Å²) >= 11 is 0. The van der Waals surface area contributed by atoms with Crippen molar-refractivity contribution < 1.29 is 58.5 Å². The van der Waals surface area contributed by atoms with E-state index in [9.17, 15) is 19.2 Å². The van der Waals surface area contributed by atoms with E-state index in [4.69, 9.17) is 20.7 Å². The smallest absolute Gasteiger partial charge is 0.870 e. The van der Waals surface area contributed by atoms with Crippen molar-refractivity contribution in [1.29, 1.82) is 0 Å². The Balaban J connectivity index is 0.000000325.